The number of carbonyl (C=O) groups is 1. The van der Waals surface area contributed by atoms with E-state index in [1.165, 1.54) is 148 Å². The summed E-state index contributed by atoms with van der Waals surface area (Å²) in [5, 5.41) is 0. The molecule has 8 nitrogen and oxygen atoms in total. The molecular formula is C38H78NO7P. The highest BCUT2D eigenvalue weighted by molar-refractivity contribution is 7.47. The van der Waals surface area contributed by atoms with Crippen molar-refractivity contribution in [3.05, 3.63) is 0 Å². The highest BCUT2D eigenvalue weighted by Gasteiger charge is 2.25. The number of esters is 1. The molecule has 0 aromatic heterocycles. The monoisotopic (exact) mass is 692 g/mol. The van der Waals surface area contributed by atoms with E-state index in [0.29, 0.717) is 13.0 Å². The molecule has 47 heavy (non-hydrogen) atoms. The van der Waals surface area contributed by atoms with Gasteiger partial charge in [0.25, 0.3) is 0 Å². The van der Waals surface area contributed by atoms with E-state index in [9.17, 15) is 14.3 Å². The number of carbonyl (C=O) groups excluding carboxylic acids is 1. The third-order valence-corrected chi connectivity index (χ3v) is 9.76. The molecule has 0 bridgehead atoms. The summed E-state index contributed by atoms with van der Waals surface area (Å²) in [5.41, 5.74) is 5.35. The van der Waals surface area contributed by atoms with Crippen molar-refractivity contribution >= 4 is 13.8 Å². The Hall–Kier alpha value is -0.500. The first-order chi connectivity index (χ1) is 22.9. The maximum Gasteiger partial charge on any atom is 0.472 e. The van der Waals surface area contributed by atoms with Gasteiger partial charge in [-0.3, -0.25) is 13.8 Å². The van der Waals surface area contributed by atoms with Crippen LogP contribution < -0.4 is 5.73 Å². The number of unbranched alkanes of at least 4 members (excludes halogenated alkanes) is 26. The van der Waals surface area contributed by atoms with E-state index < -0.39 is 13.9 Å². The highest BCUT2D eigenvalue weighted by atomic mass is 31.2. The summed E-state index contributed by atoms with van der Waals surface area (Å²) < 4.78 is 33.2. The maximum absolute atomic E-state index is 12.4. The second-order valence-electron chi connectivity index (χ2n) is 13.5. The second kappa shape index (κ2) is 36.8. The molecule has 0 aliphatic carbocycles. The minimum absolute atomic E-state index is 0.0907. The lowest BCUT2D eigenvalue weighted by Crippen LogP contribution is -2.28. The lowest BCUT2D eigenvalue weighted by atomic mass is 10.0. The Morgan fingerprint density at radius 3 is 1.34 bits per heavy atom. The molecule has 0 heterocycles. The number of rotatable bonds is 39. The smallest absolute Gasteiger partial charge is 0.457 e. The van der Waals surface area contributed by atoms with E-state index >= 15 is 0 Å². The van der Waals surface area contributed by atoms with Crippen molar-refractivity contribution < 1.29 is 32.8 Å². The fourth-order valence-corrected chi connectivity index (χ4v) is 6.59. The average molecular weight is 692 g/mol. The average Bonchev–Trinajstić information content (AvgIpc) is 3.06. The number of phosphoric ester groups is 1. The van der Waals surface area contributed by atoms with Crippen molar-refractivity contribution in [3.8, 4) is 0 Å². The Kier molecular flexibility index (Phi) is 36.4. The van der Waals surface area contributed by atoms with E-state index in [-0.39, 0.29) is 32.3 Å². The van der Waals surface area contributed by atoms with E-state index in [1.54, 1.807) is 0 Å². The minimum atomic E-state index is -4.26. The maximum atomic E-state index is 12.4. The quantitative estimate of drug-likeness (QED) is 0.0371. The summed E-state index contributed by atoms with van der Waals surface area (Å²) in [6, 6.07) is 0. The minimum Gasteiger partial charge on any atom is -0.457 e. The molecule has 0 amide bonds. The molecule has 0 rings (SSSR count). The van der Waals surface area contributed by atoms with Gasteiger partial charge in [0.15, 0.2) is 0 Å². The molecule has 2 atom stereocenters. The van der Waals surface area contributed by atoms with Crippen LogP contribution in [0.2, 0.25) is 0 Å². The molecule has 0 fully saturated rings. The molecule has 0 aliphatic rings. The normalized spacial score (nSPS) is 13.5. The SMILES string of the molecule is CCCCCCCCCCCCCCCCCCCCCCOC[C@H](COP(=O)(O)OCCN)OC(=O)CCCCCCCCCC. The van der Waals surface area contributed by atoms with Crippen LogP contribution in [0, 0.1) is 0 Å². The summed E-state index contributed by atoms with van der Waals surface area (Å²) in [6.07, 6.45) is 35.6. The van der Waals surface area contributed by atoms with E-state index in [1.807, 2.05) is 0 Å². The van der Waals surface area contributed by atoms with Crippen LogP contribution in [-0.2, 0) is 27.9 Å². The topological polar surface area (TPSA) is 117 Å². The Morgan fingerprint density at radius 1 is 0.553 bits per heavy atom. The van der Waals surface area contributed by atoms with E-state index in [4.69, 9.17) is 24.3 Å². The van der Waals surface area contributed by atoms with E-state index in [0.717, 1.165) is 32.1 Å². The molecule has 282 valence electrons. The van der Waals surface area contributed by atoms with Crippen LogP contribution in [0.25, 0.3) is 0 Å². The number of hydrogen-bond acceptors (Lipinski definition) is 7. The zero-order valence-electron chi connectivity index (χ0n) is 31.0. The van der Waals surface area contributed by atoms with Gasteiger partial charge < -0.3 is 20.1 Å². The molecule has 0 saturated carbocycles. The third-order valence-electron chi connectivity index (χ3n) is 8.77. The molecular weight excluding hydrogens is 613 g/mol. The Balaban J connectivity index is 3.88. The number of nitrogens with two attached hydrogens (primary N) is 1. The number of ether oxygens (including phenoxy) is 2. The first-order valence-electron chi connectivity index (χ1n) is 20.0. The highest BCUT2D eigenvalue weighted by Crippen LogP contribution is 2.43. The predicted octanol–water partition coefficient (Wildman–Crippen LogP) is 11.4. The molecule has 0 radical (unpaired) electrons. The Labute approximate surface area is 291 Å². The second-order valence-corrected chi connectivity index (χ2v) is 15.0. The molecule has 0 saturated heterocycles. The molecule has 0 spiro atoms. The zero-order valence-corrected chi connectivity index (χ0v) is 31.9. The van der Waals surface area contributed by atoms with Gasteiger partial charge in [-0.1, -0.05) is 181 Å². The van der Waals surface area contributed by atoms with Crippen LogP contribution in [-0.4, -0.2) is 49.9 Å². The van der Waals surface area contributed by atoms with Crippen LogP contribution >= 0.6 is 7.82 Å². The van der Waals surface area contributed by atoms with Crippen LogP contribution in [0.1, 0.15) is 200 Å². The van der Waals surface area contributed by atoms with Gasteiger partial charge in [0.05, 0.1) is 19.8 Å². The number of phosphoric acid groups is 1. The van der Waals surface area contributed by atoms with Gasteiger partial charge >= 0.3 is 13.8 Å². The zero-order chi connectivity index (χ0) is 34.5. The molecule has 9 heteroatoms. The lowest BCUT2D eigenvalue weighted by molar-refractivity contribution is -0.154. The predicted molar refractivity (Wildman–Crippen MR) is 197 cm³/mol. The fraction of sp³-hybridized carbons (Fsp3) is 0.974. The van der Waals surface area contributed by atoms with Crippen LogP contribution in [0.3, 0.4) is 0 Å². The Morgan fingerprint density at radius 2 is 0.936 bits per heavy atom. The molecule has 1 unspecified atom stereocenters. The van der Waals surface area contributed by atoms with Gasteiger partial charge in [0, 0.05) is 19.6 Å². The van der Waals surface area contributed by atoms with Crippen LogP contribution in [0.5, 0.6) is 0 Å². The summed E-state index contributed by atoms with van der Waals surface area (Å²) in [5.74, 6) is -0.331. The van der Waals surface area contributed by atoms with Crippen molar-refractivity contribution in [1.29, 1.82) is 0 Å². The Bertz CT molecular complexity index is 697. The first-order valence-corrected chi connectivity index (χ1v) is 21.5. The van der Waals surface area contributed by atoms with E-state index in [2.05, 4.69) is 13.8 Å². The van der Waals surface area contributed by atoms with Crippen molar-refractivity contribution in [1.82, 2.24) is 0 Å². The van der Waals surface area contributed by atoms with Crippen LogP contribution in [0.4, 0.5) is 0 Å². The van der Waals surface area contributed by atoms with Crippen molar-refractivity contribution in [2.45, 2.75) is 206 Å². The molecule has 0 aliphatic heterocycles. The molecule has 0 aromatic carbocycles. The van der Waals surface area contributed by atoms with Crippen LogP contribution in [0.15, 0.2) is 0 Å². The third kappa shape index (κ3) is 36.6. The summed E-state index contributed by atoms with van der Waals surface area (Å²) >= 11 is 0. The standard InChI is InChI=1S/C38H78NO7P/c1-3-5-7-9-11-13-14-15-16-17-18-19-20-21-22-23-24-26-28-30-33-43-35-37(36-45-47(41,42)44-34-32-39)46-38(40)31-29-27-25-12-10-8-6-4-2/h37H,3-36,39H2,1-2H3,(H,41,42)/t37-/m1/s1. The van der Waals surface area contributed by atoms with Crippen molar-refractivity contribution in [2.24, 2.45) is 5.73 Å². The molecule has 0 aromatic rings. The molecule has 3 N–H and O–H groups in total. The largest absolute Gasteiger partial charge is 0.472 e. The van der Waals surface area contributed by atoms with Gasteiger partial charge in [0.2, 0.25) is 0 Å². The van der Waals surface area contributed by atoms with Crippen molar-refractivity contribution in [3.63, 3.8) is 0 Å². The summed E-state index contributed by atoms with van der Waals surface area (Å²) in [7, 11) is -4.26. The fourth-order valence-electron chi connectivity index (χ4n) is 5.82. The lowest BCUT2D eigenvalue weighted by Gasteiger charge is -2.20. The summed E-state index contributed by atoms with van der Waals surface area (Å²) in [4.78, 5) is 22.3. The van der Waals surface area contributed by atoms with Crippen molar-refractivity contribution in [2.75, 3.05) is 33.0 Å². The van der Waals surface area contributed by atoms with Gasteiger partial charge in [-0.25, -0.2) is 4.57 Å². The summed E-state index contributed by atoms with van der Waals surface area (Å²) in [6.45, 7) is 4.93. The van der Waals surface area contributed by atoms with Gasteiger partial charge in [-0.15, -0.1) is 0 Å². The van der Waals surface area contributed by atoms with Gasteiger partial charge in [-0.2, -0.15) is 0 Å². The first kappa shape index (κ1) is 46.5. The van der Waals surface area contributed by atoms with Gasteiger partial charge in [-0.05, 0) is 12.8 Å². The number of hydrogen-bond donors (Lipinski definition) is 2. The van der Waals surface area contributed by atoms with Gasteiger partial charge in [0.1, 0.15) is 6.10 Å².